The minimum Gasteiger partial charge on any atom is -0.369 e. The van der Waals surface area contributed by atoms with Crippen LogP contribution in [0.15, 0.2) is 51.0 Å². The summed E-state index contributed by atoms with van der Waals surface area (Å²) in [5.74, 6) is 0.304. The molecule has 1 aromatic carbocycles. The predicted molar refractivity (Wildman–Crippen MR) is 79.1 cm³/mol. The fraction of sp³-hybridized carbons (Fsp3) is 0.214. The summed E-state index contributed by atoms with van der Waals surface area (Å²) in [6.07, 6.45) is 1.55. The van der Waals surface area contributed by atoms with Crippen molar-refractivity contribution >= 4 is 12.2 Å². The molecule has 0 aliphatic heterocycles. The first-order valence-electron chi connectivity index (χ1n) is 6.10. The van der Waals surface area contributed by atoms with E-state index >= 15 is 0 Å². The van der Waals surface area contributed by atoms with Crippen molar-refractivity contribution in [1.29, 1.82) is 0 Å². The minimum atomic E-state index is -0.422. The van der Waals surface area contributed by atoms with Crippen molar-refractivity contribution in [2.45, 2.75) is 0 Å². The molecule has 104 valence electrons. The Labute approximate surface area is 116 Å². The van der Waals surface area contributed by atoms with E-state index in [1.165, 1.54) is 17.7 Å². The summed E-state index contributed by atoms with van der Waals surface area (Å²) in [6.45, 7) is 0. The lowest BCUT2D eigenvalue weighted by Gasteiger charge is -2.11. The molecule has 6 nitrogen and oxygen atoms in total. The van der Waals surface area contributed by atoms with E-state index in [-0.39, 0.29) is 5.56 Å². The Morgan fingerprint density at radius 1 is 1.15 bits per heavy atom. The maximum atomic E-state index is 12.3. The maximum Gasteiger partial charge on any atom is 0.337 e. The van der Waals surface area contributed by atoms with Gasteiger partial charge in [0.1, 0.15) is 5.82 Å². The van der Waals surface area contributed by atoms with E-state index in [0.717, 1.165) is 4.57 Å². The molecule has 0 N–H and O–H groups in total. The van der Waals surface area contributed by atoms with Crippen LogP contribution >= 0.6 is 0 Å². The quantitative estimate of drug-likeness (QED) is 0.612. The van der Waals surface area contributed by atoms with Gasteiger partial charge in [0, 0.05) is 27.2 Å². The molecule has 0 bridgehead atoms. The summed E-state index contributed by atoms with van der Waals surface area (Å²) in [5.41, 5.74) is -0.137. The Bertz CT molecular complexity index is 742. The molecule has 0 spiro atoms. The van der Waals surface area contributed by atoms with Crippen LogP contribution in [0, 0.1) is 0 Å². The summed E-state index contributed by atoms with van der Waals surface area (Å²) < 4.78 is 2.46. The zero-order valence-corrected chi connectivity index (χ0v) is 11.6. The summed E-state index contributed by atoms with van der Waals surface area (Å²) in [7, 11) is 5.08. The van der Waals surface area contributed by atoms with E-state index in [1.807, 2.05) is 32.3 Å². The van der Waals surface area contributed by atoms with Gasteiger partial charge in [-0.1, -0.05) is 18.2 Å². The molecule has 1 aromatic heterocycles. The van der Waals surface area contributed by atoms with Crippen LogP contribution in [0.1, 0.15) is 0 Å². The summed E-state index contributed by atoms with van der Waals surface area (Å²) in [4.78, 5) is 30.0. The van der Waals surface area contributed by atoms with E-state index in [9.17, 15) is 9.59 Å². The average Bonchev–Trinajstić information content (AvgIpc) is 2.43. The molecule has 0 saturated carbocycles. The van der Waals surface area contributed by atoms with Gasteiger partial charge in [0.15, 0.2) is 0 Å². The number of hydrogen-bond acceptors (Lipinski definition) is 3. The van der Waals surface area contributed by atoms with Crippen molar-refractivity contribution in [2.24, 2.45) is 12.0 Å². The molecule has 0 unspecified atom stereocenters. The number of rotatable bonds is 3. The molecule has 0 amide bonds. The predicted octanol–water partition coefficient (Wildman–Crippen LogP) is 0.758. The zero-order valence-electron chi connectivity index (χ0n) is 11.6. The maximum absolute atomic E-state index is 12.3. The summed E-state index contributed by atoms with van der Waals surface area (Å²) in [5, 5.41) is 0. The standard InChI is InChI=1S/C14H16N4O2/c1-16(2)10-15-12-9-13(19)17(3)14(20)18(12)11-7-5-4-6-8-11/h4-10H,1-3H3. The third-order valence-corrected chi connectivity index (χ3v) is 2.73. The van der Waals surface area contributed by atoms with Gasteiger partial charge >= 0.3 is 5.69 Å². The van der Waals surface area contributed by atoms with Gasteiger partial charge in [0.05, 0.1) is 12.0 Å². The van der Waals surface area contributed by atoms with Crippen LogP contribution in [-0.2, 0) is 7.05 Å². The average molecular weight is 272 g/mol. The first-order valence-corrected chi connectivity index (χ1v) is 6.10. The van der Waals surface area contributed by atoms with Crippen LogP contribution in [0.25, 0.3) is 5.69 Å². The molecule has 0 radical (unpaired) electrons. The third-order valence-electron chi connectivity index (χ3n) is 2.73. The molecule has 6 heteroatoms. The van der Waals surface area contributed by atoms with Crippen molar-refractivity contribution in [3.63, 3.8) is 0 Å². The Morgan fingerprint density at radius 3 is 2.40 bits per heavy atom. The molecule has 0 aliphatic carbocycles. The normalized spacial score (nSPS) is 10.9. The molecule has 20 heavy (non-hydrogen) atoms. The largest absolute Gasteiger partial charge is 0.369 e. The van der Waals surface area contributed by atoms with Gasteiger partial charge < -0.3 is 4.90 Å². The second-order valence-electron chi connectivity index (χ2n) is 4.56. The number of para-hydroxylation sites is 1. The Balaban J connectivity index is 2.74. The number of aliphatic imine (C=N–C) groups is 1. The first-order chi connectivity index (χ1) is 9.50. The molecule has 0 saturated heterocycles. The van der Waals surface area contributed by atoms with Crippen LogP contribution in [0.4, 0.5) is 5.82 Å². The second-order valence-corrected chi connectivity index (χ2v) is 4.56. The van der Waals surface area contributed by atoms with Gasteiger partial charge in [0.25, 0.3) is 5.56 Å². The van der Waals surface area contributed by atoms with Crippen LogP contribution in [0.5, 0.6) is 0 Å². The van der Waals surface area contributed by atoms with Gasteiger partial charge in [-0.25, -0.2) is 14.4 Å². The zero-order chi connectivity index (χ0) is 14.7. The van der Waals surface area contributed by atoms with Crippen LogP contribution in [0.3, 0.4) is 0 Å². The molecular weight excluding hydrogens is 256 g/mol. The monoisotopic (exact) mass is 272 g/mol. The first kappa shape index (κ1) is 13.8. The molecule has 0 atom stereocenters. The molecule has 2 rings (SSSR count). The molecular formula is C14H16N4O2. The van der Waals surface area contributed by atoms with Gasteiger partial charge in [-0.15, -0.1) is 0 Å². The lowest BCUT2D eigenvalue weighted by molar-refractivity contribution is 0.641. The highest BCUT2D eigenvalue weighted by atomic mass is 16.2. The van der Waals surface area contributed by atoms with Crippen LogP contribution in [-0.4, -0.2) is 34.5 Å². The van der Waals surface area contributed by atoms with Gasteiger partial charge in [-0.3, -0.25) is 9.36 Å². The number of benzene rings is 1. The fourth-order valence-corrected chi connectivity index (χ4v) is 1.70. The minimum absolute atomic E-state index is 0.304. The lowest BCUT2D eigenvalue weighted by Crippen LogP contribution is -2.36. The summed E-state index contributed by atoms with van der Waals surface area (Å²) >= 11 is 0. The van der Waals surface area contributed by atoms with E-state index in [0.29, 0.717) is 11.5 Å². The molecule has 0 aliphatic rings. The lowest BCUT2D eigenvalue weighted by atomic mass is 10.3. The Morgan fingerprint density at radius 2 is 1.80 bits per heavy atom. The van der Waals surface area contributed by atoms with Crippen LogP contribution in [0.2, 0.25) is 0 Å². The number of nitrogens with zero attached hydrogens (tertiary/aromatic N) is 4. The highest BCUT2D eigenvalue weighted by Gasteiger charge is 2.09. The van der Waals surface area contributed by atoms with Crippen molar-refractivity contribution < 1.29 is 0 Å². The number of aromatic nitrogens is 2. The molecule has 1 heterocycles. The van der Waals surface area contributed by atoms with Crippen molar-refractivity contribution in [3.05, 3.63) is 57.2 Å². The smallest absolute Gasteiger partial charge is 0.337 e. The molecule has 0 fully saturated rings. The Kier molecular flexibility index (Phi) is 3.84. The number of hydrogen-bond donors (Lipinski definition) is 0. The van der Waals surface area contributed by atoms with E-state index in [1.54, 1.807) is 23.4 Å². The second kappa shape index (κ2) is 5.56. The van der Waals surface area contributed by atoms with E-state index in [4.69, 9.17) is 0 Å². The van der Waals surface area contributed by atoms with Gasteiger partial charge in [0.2, 0.25) is 0 Å². The van der Waals surface area contributed by atoms with Gasteiger partial charge in [-0.05, 0) is 12.1 Å². The fourth-order valence-electron chi connectivity index (χ4n) is 1.70. The highest BCUT2D eigenvalue weighted by molar-refractivity contribution is 5.60. The SMILES string of the molecule is CN(C)C=Nc1cc(=O)n(C)c(=O)n1-c1ccccc1. The summed E-state index contributed by atoms with van der Waals surface area (Å²) in [6, 6.07) is 10.4. The van der Waals surface area contributed by atoms with Crippen molar-refractivity contribution in [1.82, 2.24) is 14.0 Å². The highest BCUT2D eigenvalue weighted by Crippen LogP contribution is 2.13. The van der Waals surface area contributed by atoms with E-state index in [2.05, 4.69) is 4.99 Å². The third kappa shape index (κ3) is 2.69. The van der Waals surface area contributed by atoms with Crippen LogP contribution < -0.4 is 11.2 Å². The molecule has 2 aromatic rings. The van der Waals surface area contributed by atoms with Gasteiger partial charge in [-0.2, -0.15) is 0 Å². The van der Waals surface area contributed by atoms with Crippen molar-refractivity contribution in [3.8, 4) is 5.69 Å². The topological polar surface area (TPSA) is 59.6 Å². The van der Waals surface area contributed by atoms with Crippen molar-refractivity contribution in [2.75, 3.05) is 14.1 Å². The Hall–Kier alpha value is -2.63. The van der Waals surface area contributed by atoms with E-state index < -0.39 is 5.69 Å².